The number of rotatable bonds is 5. The predicted molar refractivity (Wildman–Crippen MR) is 46.9 cm³/mol. The zero-order chi connectivity index (χ0) is 9.56. The molecule has 0 aliphatic carbocycles. The SMILES string of the molecule is CCCC(OC(C)=O)C(C)OC. The molecule has 0 amide bonds. The molecule has 0 saturated heterocycles. The van der Waals surface area contributed by atoms with Crippen LogP contribution in [0, 0.1) is 0 Å². The Balaban J connectivity index is 3.93. The van der Waals surface area contributed by atoms with Gasteiger partial charge < -0.3 is 9.47 Å². The van der Waals surface area contributed by atoms with Gasteiger partial charge in [0.25, 0.3) is 0 Å². The van der Waals surface area contributed by atoms with Crippen molar-refractivity contribution in [2.24, 2.45) is 0 Å². The molecule has 0 aromatic carbocycles. The van der Waals surface area contributed by atoms with Crippen molar-refractivity contribution in [1.29, 1.82) is 0 Å². The Kier molecular flexibility index (Phi) is 5.72. The molecule has 0 spiro atoms. The van der Waals surface area contributed by atoms with Gasteiger partial charge in [-0.3, -0.25) is 4.79 Å². The van der Waals surface area contributed by atoms with Crippen molar-refractivity contribution in [2.75, 3.05) is 7.11 Å². The van der Waals surface area contributed by atoms with E-state index >= 15 is 0 Å². The van der Waals surface area contributed by atoms with Crippen molar-refractivity contribution in [3.8, 4) is 0 Å². The molecule has 0 fully saturated rings. The maximum absolute atomic E-state index is 10.7. The van der Waals surface area contributed by atoms with Gasteiger partial charge in [0.05, 0.1) is 6.10 Å². The van der Waals surface area contributed by atoms with Gasteiger partial charge in [-0.2, -0.15) is 0 Å². The van der Waals surface area contributed by atoms with E-state index in [1.165, 1.54) is 6.92 Å². The van der Waals surface area contributed by atoms with Crippen LogP contribution in [0.5, 0.6) is 0 Å². The molecule has 0 aromatic rings. The molecule has 0 aliphatic heterocycles. The fourth-order valence-electron chi connectivity index (χ4n) is 1.04. The van der Waals surface area contributed by atoms with Crippen molar-refractivity contribution in [1.82, 2.24) is 0 Å². The van der Waals surface area contributed by atoms with Crippen molar-refractivity contribution in [3.63, 3.8) is 0 Å². The van der Waals surface area contributed by atoms with Crippen LogP contribution in [-0.2, 0) is 14.3 Å². The number of hydrogen-bond acceptors (Lipinski definition) is 3. The van der Waals surface area contributed by atoms with Gasteiger partial charge in [-0.25, -0.2) is 0 Å². The maximum atomic E-state index is 10.7. The summed E-state index contributed by atoms with van der Waals surface area (Å²) in [4.78, 5) is 10.7. The standard InChI is InChI=1S/C9H18O3/c1-5-6-9(7(2)11-4)12-8(3)10/h7,9H,5-6H2,1-4H3. The minimum Gasteiger partial charge on any atom is -0.460 e. The quantitative estimate of drug-likeness (QED) is 0.596. The first-order chi connectivity index (χ1) is 5.61. The van der Waals surface area contributed by atoms with Crippen LogP contribution >= 0.6 is 0 Å². The highest BCUT2D eigenvalue weighted by atomic mass is 16.6. The highest BCUT2D eigenvalue weighted by Crippen LogP contribution is 2.09. The average Bonchev–Trinajstić information content (AvgIpc) is 2.01. The minimum absolute atomic E-state index is 0.0196. The summed E-state index contributed by atoms with van der Waals surface area (Å²) in [5.41, 5.74) is 0. The summed E-state index contributed by atoms with van der Waals surface area (Å²) in [5, 5.41) is 0. The van der Waals surface area contributed by atoms with Crippen LogP contribution in [0.2, 0.25) is 0 Å². The van der Waals surface area contributed by atoms with Gasteiger partial charge in [-0.1, -0.05) is 13.3 Å². The number of esters is 1. The molecule has 2 unspecified atom stereocenters. The Hall–Kier alpha value is -0.570. The van der Waals surface area contributed by atoms with E-state index in [0.29, 0.717) is 0 Å². The fourth-order valence-corrected chi connectivity index (χ4v) is 1.04. The molecule has 0 heterocycles. The normalized spacial score (nSPS) is 15.3. The van der Waals surface area contributed by atoms with Gasteiger partial charge in [0.1, 0.15) is 6.10 Å². The predicted octanol–water partition coefficient (Wildman–Crippen LogP) is 1.75. The summed E-state index contributed by atoms with van der Waals surface area (Å²) in [7, 11) is 1.62. The lowest BCUT2D eigenvalue weighted by Gasteiger charge is -2.21. The molecule has 0 N–H and O–H groups in total. The highest BCUT2D eigenvalue weighted by molar-refractivity contribution is 5.66. The highest BCUT2D eigenvalue weighted by Gasteiger charge is 2.18. The number of hydrogen-bond donors (Lipinski definition) is 0. The number of methoxy groups -OCH3 is 1. The van der Waals surface area contributed by atoms with E-state index in [9.17, 15) is 4.79 Å². The molecule has 2 atom stereocenters. The largest absolute Gasteiger partial charge is 0.460 e. The van der Waals surface area contributed by atoms with Gasteiger partial charge >= 0.3 is 5.97 Å². The van der Waals surface area contributed by atoms with Crippen molar-refractivity contribution in [2.45, 2.75) is 45.8 Å². The van der Waals surface area contributed by atoms with E-state index in [2.05, 4.69) is 6.92 Å². The molecule has 12 heavy (non-hydrogen) atoms. The molecule has 0 bridgehead atoms. The van der Waals surface area contributed by atoms with Gasteiger partial charge in [-0.15, -0.1) is 0 Å². The van der Waals surface area contributed by atoms with Crippen LogP contribution in [-0.4, -0.2) is 25.3 Å². The maximum Gasteiger partial charge on any atom is 0.302 e. The number of carbonyl (C=O) groups is 1. The first kappa shape index (κ1) is 11.4. The van der Waals surface area contributed by atoms with Crippen LogP contribution in [0.4, 0.5) is 0 Å². The third kappa shape index (κ3) is 4.34. The third-order valence-electron chi connectivity index (χ3n) is 1.79. The molecular weight excluding hydrogens is 156 g/mol. The zero-order valence-corrected chi connectivity index (χ0v) is 8.29. The monoisotopic (exact) mass is 174 g/mol. The summed E-state index contributed by atoms with van der Waals surface area (Å²) < 4.78 is 10.2. The second-order valence-electron chi connectivity index (χ2n) is 2.88. The molecule has 72 valence electrons. The van der Waals surface area contributed by atoms with Gasteiger partial charge in [0.15, 0.2) is 0 Å². The Labute approximate surface area is 74.0 Å². The lowest BCUT2D eigenvalue weighted by atomic mass is 10.1. The molecule has 0 rings (SSSR count). The second kappa shape index (κ2) is 6.00. The first-order valence-electron chi connectivity index (χ1n) is 4.31. The van der Waals surface area contributed by atoms with Crippen molar-refractivity contribution < 1.29 is 14.3 Å². The van der Waals surface area contributed by atoms with E-state index in [1.807, 2.05) is 6.92 Å². The summed E-state index contributed by atoms with van der Waals surface area (Å²) in [5.74, 6) is -0.239. The third-order valence-corrected chi connectivity index (χ3v) is 1.79. The lowest BCUT2D eigenvalue weighted by molar-refractivity contribution is -0.153. The smallest absolute Gasteiger partial charge is 0.302 e. The molecule has 0 aliphatic rings. The number of ether oxygens (including phenoxy) is 2. The molecule has 0 saturated carbocycles. The molecular formula is C9H18O3. The summed E-state index contributed by atoms with van der Waals surface area (Å²) in [6.45, 7) is 5.38. The van der Waals surface area contributed by atoms with Crippen LogP contribution < -0.4 is 0 Å². The Morgan fingerprint density at radius 2 is 2.08 bits per heavy atom. The second-order valence-corrected chi connectivity index (χ2v) is 2.88. The molecule has 3 heteroatoms. The van der Waals surface area contributed by atoms with Gasteiger partial charge in [0.2, 0.25) is 0 Å². The Morgan fingerprint density at radius 3 is 2.42 bits per heavy atom. The van der Waals surface area contributed by atoms with E-state index < -0.39 is 0 Å². The van der Waals surface area contributed by atoms with Crippen molar-refractivity contribution >= 4 is 5.97 Å². The van der Waals surface area contributed by atoms with Crippen LogP contribution in [0.25, 0.3) is 0 Å². The fraction of sp³-hybridized carbons (Fsp3) is 0.889. The van der Waals surface area contributed by atoms with E-state index in [-0.39, 0.29) is 18.2 Å². The Morgan fingerprint density at radius 1 is 1.50 bits per heavy atom. The van der Waals surface area contributed by atoms with Crippen LogP contribution in [0.15, 0.2) is 0 Å². The van der Waals surface area contributed by atoms with Gasteiger partial charge in [0, 0.05) is 14.0 Å². The zero-order valence-electron chi connectivity index (χ0n) is 8.29. The van der Waals surface area contributed by atoms with E-state index in [4.69, 9.17) is 9.47 Å². The summed E-state index contributed by atoms with van der Waals surface area (Å²) in [6, 6.07) is 0. The van der Waals surface area contributed by atoms with Crippen LogP contribution in [0.3, 0.4) is 0 Å². The van der Waals surface area contributed by atoms with E-state index in [1.54, 1.807) is 7.11 Å². The molecule has 3 nitrogen and oxygen atoms in total. The average molecular weight is 174 g/mol. The summed E-state index contributed by atoms with van der Waals surface area (Å²) >= 11 is 0. The minimum atomic E-state index is -0.239. The molecule has 0 aromatic heterocycles. The lowest BCUT2D eigenvalue weighted by Crippen LogP contribution is -2.29. The number of carbonyl (C=O) groups excluding carboxylic acids is 1. The summed E-state index contributed by atoms with van der Waals surface area (Å²) in [6.07, 6.45) is 1.73. The molecule has 0 radical (unpaired) electrons. The van der Waals surface area contributed by atoms with E-state index in [0.717, 1.165) is 12.8 Å². The van der Waals surface area contributed by atoms with Gasteiger partial charge in [-0.05, 0) is 13.3 Å². The van der Waals surface area contributed by atoms with Crippen LogP contribution in [0.1, 0.15) is 33.6 Å². The topological polar surface area (TPSA) is 35.5 Å². The Bertz CT molecular complexity index is 134. The first-order valence-corrected chi connectivity index (χ1v) is 4.31. The van der Waals surface area contributed by atoms with Crippen molar-refractivity contribution in [3.05, 3.63) is 0 Å².